The summed E-state index contributed by atoms with van der Waals surface area (Å²) in [6.45, 7) is 6.56. The molecule has 1 N–H and O–H groups in total. The van der Waals surface area contributed by atoms with Gasteiger partial charge in [-0.25, -0.2) is 4.98 Å². The molecule has 0 aliphatic heterocycles. The summed E-state index contributed by atoms with van der Waals surface area (Å²) >= 11 is 0. The number of hydrogen-bond acceptors (Lipinski definition) is 4. The summed E-state index contributed by atoms with van der Waals surface area (Å²) in [4.78, 5) is 24.7. The van der Waals surface area contributed by atoms with E-state index in [0.717, 1.165) is 11.5 Å². The molecule has 0 bridgehead atoms. The summed E-state index contributed by atoms with van der Waals surface area (Å²) in [5, 5.41) is 2.93. The van der Waals surface area contributed by atoms with Crippen LogP contribution in [0.2, 0.25) is 0 Å². The first-order chi connectivity index (χ1) is 10.1. The lowest BCUT2D eigenvalue weighted by molar-refractivity contribution is -0.123. The molecule has 0 aliphatic rings. The fraction of sp³-hybridized carbons (Fsp3) is 0.467. The van der Waals surface area contributed by atoms with E-state index in [0.29, 0.717) is 13.0 Å². The molecule has 112 valence electrons. The highest BCUT2D eigenvalue weighted by Gasteiger charge is 2.18. The fourth-order valence-electron chi connectivity index (χ4n) is 2.15. The minimum Gasteiger partial charge on any atom is -0.354 e. The van der Waals surface area contributed by atoms with Gasteiger partial charge in [0.25, 0.3) is 0 Å². The largest absolute Gasteiger partial charge is 0.354 e. The van der Waals surface area contributed by atoms with Crippen LogP contribution in [0.3, 0.4) is 0 Å². The Labute approximate surface area is 124 Å². The van der Waals surface area contributed by atoms with Crippen molar-refractivity contribution in [1.82, 2.24) is 24.8 Å². The van der Waals surface area contributed by atoms with Crippen LogP contribution in [-0.4, -0.2) is 32.0 Å². The summed E-state index contributed by atoms with van der Waals surface area (Å²) < 4.78 is 1.92. The molecule has 0 aliphatic carbocycles. The Bertz CT molecular complexity index is 579. The van der Waals surface area contributed by atoms with Gasteiger partial charge in [0.2, 0.25) is 5.91 Å². The number of nitrogens with one attached hydrogen (secondary N) is 1. The van der Waals surface area contributed by atoms with Gasteiger partial charge in [-0.05, 0) is 6.92 Å². The first-order valence-corrected chi connectivity index (χ1v) is 7.15. The van der Waals surface area contributed by atoms with Gasteiger partial charge >= 0.3 is 0 Å². The van der Waals surface area contributed by atoms with Crippen LogP contribution in [0.1, 0.15) is 44.2 Å². The van der Waals surface area contributed by atoms with Gasteiger partial charge in [-0.15, -0.1) is 0 Å². The van der Waals surface area contributed by atoms with Gasteiger partial charge < -0.3 is 9.88 Å². The highest BCUT2D eigenvalue weighted by atomic mass is 16.2. The maximum atomic E-state index is 12.2. The first-order valence-electron chi connectivity index (χ1n) is 7.15. The molecule has 1 atom stereocenters. The van der Waals surface area contributed by atoms with Gasteiger partial charge in [-0.3, -0.25) is 14.8 Å². The lowest BCUT2D eigenvalue weighted by Gasteiger charge is -2.17. The number of aromatic nitrogens is 4. The smallest absolute Gasteiger partial charge is 0.242 e. The Kier molecular flexibility index (Phi) is 5.03. The number of carbonyl (C=O) groups excluding carboxylic acids is 1. The van der Waals surface area contributed by atoms with Gasteiger partial charge in [0.1, 0.15) is 11.9 Å². The van der Waals surface area contributed by atoms with Crippen molar-refractivity contribution in [3.8, 4) is 0 Å². The fourth-order valence-corrected chi connectivity index (χ4v) is 2.15. The molecule has 2 aromatic heterocycles. The van der Waals surface area contributed by atoms with Gasteiger partial charge in [0, 0.05) is 49.9 Å². The van der Waals surface area contributed by atoms with Crippen LogP contribution in [0, 0.1) is 0 Å². The molecule has 0 fully saturated rings. The Balaban J connectivity index is 1.89. The van der Waals surface area contributed by atoms with E-state index >= 15 is 0 Å². The van der Waals surface area contributed by atoms with Crippen LogP contribution < -0.4 is 5.32 Å². The summed E-state index contributed by atoms with van der Waals surface area (Å²) in [5.74, 6) is 1.19. The molecular weight excluding hydrogens is 266 g/mol. The van der Waals surface area contributed by atoms with Crippen molar-refractivity contribution in [3.05, 3.63) is 42.5 Å². The average Bonchev–Trinajstić information content (AvgIpc) is 2.97. The maximum absolute atomic E-state index is 12.2. The van der Waals surface area contributed by atoms with E-state index in [2.05, 4.69) is 34.1 Å². The van der Waals surface area contributed by atoms with E-state index in [-0.39, 0.29) is 17.9 Å². The quantitative estimate of drug-likeness (QED) is 0.878. The number of imidazole rings is 1. The topological polar surface area (TPSA) is 72.7 Å². The molecule has 0 saturated heterocycles. The van der Waals surface area contributed by atoms with Gasteiger partial charge in [0.05, 0.1) is 5.69 Å². The lowest BCUT2D eigenvalue weighted by Crippen LogP contribution is -2.33. The highest BCUT2D eigenvalue weighted by Crippen LogP contribution is 2.17. The Hall–Kier alpha value is -2.24. The summed E-state index contributed by atoms with van der Waals surface area (Å²) in [6.07, 6.45) is 9.26. The third-order valence-electron chi connectivity index (χ3n) is 3.31. The van der Waals surface area contributed by atoms with Crippen LogP contribution in [0.5, 0.6) is 0 Å². The molecule has 0 aromatic carbocycles. The predicted octanol–water partition coefficient (Wildman–Crippen LogP) is 1.72. The molecule has 1 unspecified atom stereocenters. The molecule has 2 aromatic rings. The van der Waals surface area contributed by atoms with Crippen LogP contribution in [0.25, 0.3) is 0 Å². The molecule has 0 spiro atoms. The summed E-state index contributed by atoms with van der Waals surface area (Å²) in [5.41, 5.74) is 0.871. The zero-order chi connectivity index (χ0) is 15.2. The predicted molar refractivity (Wildman–Crippen MR) is 79.8 cm³/mol. The van der Waals surface area contributed by atoms with Crippen molar-refractivity contribution in [3.63, 3.8) is 0 Å². The van der Waals surface area contributed by atoms with Gasteiger partial charge in [-0.1, -0.05) is 13.8 Å². The van der Waals surface area contributed by atoms with Crippen molar-refractivity contribution < 1.29 is 4.79 Å². The second-order valence-electron chi connectivity index (χ2n) is 5.26. The second kappa shape index (κ2) is 6.97. The molecule has 2 heterocycles. The average molecular weight is 287 g/mol. The van der Waals surface area contributed by atoms with Crippen LogP contribution in [0.4, 0.5) is 0 Å². The monoisotopic (exact) mass is 287 g/mol. The number of nitrogens with zero attached hydrogens (tertiary/aromatic N) is 4. The molecule has 2 rings (SSSR count). The molecule has 6 heteroatoms. The number of hydrogen-bond donors (Lipinski definition) is 1. The minimum atomic E-state index is -0.272. The van der Waals surface area contributed by atoms with E-state index in [1.54, 1.807) is 24.8 Å². The van der Waals surface area contributed by atoms with Gasteiger partial charge in [0.15, 0.2) is 0 Å². The standard InChI is InChI=1S/C15H21N5O/c1-11(2)14-18-8-9-20(14)12(3)15(21)19-5-4-13-10-16-6-7-17-13/h6-12H,4-5H2,1-3H3,(H,19,21). The van der Waals surface area contributed by atoms with E-state index in [9.17, 15) is 4.79 Å². The molecule has 6 nitrogen and oxygen atoms in total. The van der Waals surface area contributed by atoms with Crippen LogP contribution in [0.15, 0.2) is 31.0 Å². The van der Waals surface area contributed by atoms with Crippen molar-refractivity contribution >= 4 is 5.91 Å². The zero-order valence-electron chi connectivity index (χ0n) is 12.7. The minimum absolute atomic E-state index is 0.0150. The Morgan fingerprint density at radius 2 is 2.05 bits per heavy atom. The second-order valence-corrected chi connectivity index (χ2v) is 5.26. The third-order valence-corrected chi connectivity index (χ3v) is 3.31. The van der Waals surface area contributed by atoms with Gasteiger partial charge in [-0.2, -0.15) is 0 Å². The summed E-state index contributed by atoms with van der Waals surface area (Å²) in [7, 11) is 0. The maximum Gasteiger partial charge on any atom is 0.242 e. The SMILES string of the molecule is CC(C)c1nccn1C(C)C(=O)NCCc1cnccn1. The Morgan fingerprint density at radius 1 is 1.24 bits per heavy atom. The summed E-state index contributed by atoms with van der Waals surface area (Å²) in [6, 6.07) is -0.272. The van der Waals surface area contributed by atoms with Crippen LogP contribution >= 0.6 is 0 Å². The van der Waals surface area contributed by atoms with E-state index in [1.165, 1.54) is 0 Å². The first kappa shape index (κ1) is 15.2. The Morgan fingerprint density at radius 3 is 2.71 bits per heavy atom. The highest BCUT2D eigenvalue weighted by molar-refractivity contribution is 5.79. The van der Waals surface area contributed by atoms with Crippen molar-refractivity contribution in [2.24, 2.45) is 0 Å². The van der Waals surface area contributed by atoms with Crippen molar-refractivity contribution in [2.45, 2.75) is 39.2 Å². The zero-order valence-corrected chi connectivity index (χ0v) is 12.7. The van der Waals surface area contributed by atoms with Crippen molar-refractivity contribution in [1.29, 1.82) is 0 Å². The molecule has 0 saturated carbocycles. The molecular formula is C15H21N5O. The lowest BCUT2D eigenvalue weighted by atomic mass is 10.2. The number of rotatable bonds is 6. The molecule has 1 amide bonds. The molecule has 21 heavy (non-hydrogen) atoms. The molecule has 0 radical (unpaired) electrons. The third kappa shape index (κ3) is 3.87. The van der Waals surface area contributed by atoms with Crippen LogP contribution in [-0.2, 0) is 11.2 Å². The number of carbonyl (C=O) groups is 1. The normalized spacial score (nSPS) is 12.4. The van der Waals surface area contributed by atoms with E-state index in [4.69, 9.17) is 0 Å². The van der Waals surface area contributed by atoms with E-state index in [1.807, 2.05) is 17.7 Å². The number of amides is 1. The van der Waals surface area contributed by atoms with Crippen molar-refractivity contribution in [2.75, 3.05) is 6.54 Å². The van der Waals surface area contributed by atoms with E-state index < -0.39 is 0 Å².